The summed E-state index contributed by atoms with van der Waals surface area (Å²) in [4.78, 5) is 30.6. The van der Waals surface area contributed by atoms with Crippen molar-refractivity contribution in [3.05, 3.63) is 66.4 Å². The Hall–Kier alpha value is -3.72. The summed E-state index contributed by atoms with van der Waals surface area (Å²) in [7, 11) is 1.55. The van der Waals surface area contributed by atoms with E-state index in [0.29, 0.717) is 11.4 Å². The number of pyridine rings is 1. The second-order valence-electron chi connectivity index (χ2n) is 6.68. The zero-order chi connectivity index (χ0) is 21.8. The van der Waals surface area contributed by atoms with Gasteiger partial charge in [0.05, 0.1) is 24.5 Å². The van der Waals surface area contributed by atoms with Gasteiger partial charge < -0.3 is 10.5 Å². The second-order valence-corrected chi connectivity index (χ2v) is 7.90. The molecule has 31 heavy (non-hydrogen) atoms. The zero-order valence-corrected chi connectivity index (χ0v) is 17.5. The van der Waals surface area contributed by atoms with E-state index in [0.717, 1.165) is 33.1 Å². The summed E-state index contributed by atoms with van der Waals surface area (Å²) < 4.78 is 5.11. The minimum Gasteiger partial charge on any atom is -0.497 e. The number of anilines is 1. The van der Waals surface area contributed by atoms with Crippen LogP contribution < -0.4 is 15.4 Å². The van der Waals surface area contributed by atoms with Gasteiger partial charge in [-0.3, -0.25) is 14.6 Å². The Kier molecular flexibility index (Phi) is 5.94. The fourth-order valence-electron chi connectivity index (χ4n) is 3.25. The fraction of sp³-hybridized carbons (Fsp3) is 0.136. The number of hydrogen-bond acceptors (Lipinski definition) is 7. The average molecular weight is 433 g/mol. The first-order chi connectivity index (χ1) is 15.1. The molecule has 0 radical (unpaired) electrons. The van der Waals surface area contributed by atoms with E-state index in [1.807, 2.05) is 30.3 Å². The number of fused-ring (bicyclic) bond motifs is 1. The number of carbonyl (C=O) groups excluding carboxylic acids is 2. The molecule has 1 aliphatic rings. The van der Waals surface area contributed by atoms with Crippen LogP contribution in [-0.2, 0) is 9.59 Å². The number of thioether (sulfide) groups is 1. The quantitative estimate of drug-likeness (QED) is 0.287. The Morgan fingerprint density at radius 3 is 2.74 bits per heavy atom. The summed E-state index contributed by atoms with van der Waals surface area (Å²) >= 11 is 1.03. The molecular weight excluding hydrogens is 414 g/mol. The summed E-state index contributed by atoms with van der Waals surface area (Å²) in [6, 6.07) is 16.3. The van der Waals surface area contributed by atoms with Gasteiger partial charge in [0.25, 0.3) is 0 Å². The van der Waals surface area contributed by atoms with Gasteiger partial charge in [-0.05, 0) is 36.4 Å². The number of nitrogens with zero attached hydrogens (tertiary/aromatic N) is 4. The number of ether oxygens (including phenoxy) is 1. The number of amidine groups is 1. The van der Waals surface area contributed by atoms with E-state index in [2.05, 4.69) is 15.2 Å². The predicted octanol–water partition coefficient (Wildman–Crippen LogP) is 2.96. The van der Waals surface area contributed by atoms with Crippen LogP contribution in [0.15, 0.2) is 71.0 Å². The van der Waals surface area contributed by atoms with Crippen molar-refractivity contribution in [3.63, 3.8) is 0 Å². The average Bonchev–Trinajstić information content (AvgIpc) is 3.06. The van der Waals surface area contributed by atoms with Crippen LogP contribution in [0.3, 0.4) is 0 Å². The maximum atomic E-state index is 12.7. The number of benzene rings is 2. The van der Waals surface area contributed by atoms with Gasteiger partial charge in [-0.1, -0.05) is 30.0 Å². The Morgan fingerprint density at radius 2 is 1.97 bits per heavy atom. The first kappa shape index (κ1) is 20.5. The highest BCUT2D eigenvalue weighted by atomic mass is 32.2. The van der Waals surface area contributed by atoms with Gasteiger partial charge in [0, 0.05) is 23.6 Å². The molecule has 1 unspecified atom stereocenters. The van der Waals surface area contributed by atoms with Crippen molar-refractivity contribution in [1.82, 2.24) is 4.98 Å². The molecule has 0 saturated carbocycles. The Balaban J connectivity index is 1.44. The molecule has 2 N–H and O–H groups in total. The second kappa shape index (κ2) is 8.97. The highest BCUT2D eigenvalue weighted by Crippen LogP contribution is 2.30. The molecule has 1 saturated heterocycles. The van der Waals surface area contributed by atoms with E-state index in [-0.39, 0.29) is 23.4 Å². The molecule has 1 atom stereocenters. The van der Waals surface area contributed by atoms with Gasteiger partial charge in [-0.15, -0.1) is 5.10 Å². The van der Waals surface area contributed by atoms with E-state index in [1.165, 1.54) is 0 Å². The van der Waals surface area contributed by atoms with Crippen LogP contribution >= 0.6 is 11.8 Å². The molecule has 3 aromatic rings. The van der Waals surface area contributed by atoms with Crippen LogP contribution in [0, 0.1) is 0 Å². The van der Waals surface area contributed by atoms with Crippen LogP contribution in [0.2, 0.25) is 0 Å². The van der Waals surface area contributed by atoms with Gasteiger partial charge >= 0.3 is 0 Å². The monoisotopic (exact) mass is 433 g/mol. The SMILES string of the molecule is COc1ccc(N2C(=O)CC(S/C(N)=N/N=C/c3ccnc4ccccc34)C2=O)cc1. The van der Waals surface area contributed by atoms with Crippen molar-refractivity contribution in [1.29, 1.82) is 0 Å². The summed E-state index contributed by atoms with van der Waals surface area (Å²) in [6.07, 6.45) is 3.33. The molecule has 1 fully saturated rings. The lowest BCUT2D eigenvalue weighted by Crippen LogP contribution is -2.31. The maximum Gasteiger partial charge on any atom is 0.247 e. The number of hydrogen-bond donors (Lipinski definition) is 1. The van der Waals surface area contributed by atoms with Crippen molar-refractivity contribution < 1.29 is 14.3 Å². The molecule has 8 nitrogen and oxygen atoms in total. The minimum absolute atomic E-state index is 0.0461. The summed E-state index contributed by atoms with van der Waals surface area (Å²) in [5, 5.41) is 8.43. The van der Waals surface area contributed by atoms with E-state index in [1.54, 1.807) is 43.8 Å². The van der Waals surface area contributed by atoms with Crippen molar-refractivity contribution in [2.75, 3.05) is 12.0 Å². The topological polar surface area (TPSA) is 110 Å². The smallest absolute Gasteiger partial charge is 0.247 e. The number of methoxy groups -OCH3 is 1. The summed E-state index contributed by atoms with van der Waals surface area (Å²) in [5.41, 5.74) is 8.15. The molecule has 1 aliphatic heterocycles. The summed E-state index contributed by atoms with van der Waals surface area (Å²) in [6.45, 7) is 0. The van der Waals surface area contributed by atoms with E-state index in [4.69, 9.17) is 10.5 Å². The lowest BCUT2D eigenvalue weighted by Gasteiger charge is -2.15. The Bertz CT molecular complexity index is 1190. The van der Waals surface area contributed by atoms with Crippen LogP contribution in [0.1, 0.15) is 12.0 Å². The molecule has 2 amide bonds. The molecule has 1 aromatic heterocycles. The molecule has 4 rings (SSSR count). The van der Waals surface area contributed by atoms with Crippen molar-refractivity contribution in [3.8, 4) is 5.75 Å². The molecule has 9 heteroatoms. The highest BCUT2D eigenvalue weighted by molar-refractivity contribution is 8.14. The van der Waals surface area contributed by atoms with Crippen molar-refractivity contribution in [2.45, 2.75) is 11.7 Å². The summed E-state index contributed by atoms with van der Waals surface area (Å²) in [5.74, 6) is 0.0274. The highest BCUT2D eigenvalue weighted by Gasteiger charge is 2.40. The van der Waals surface area contributed by atoms with Gasteiger partial charge in [-0.25, -0.2) is 4.90 Å². The Labute approximate surface area is 182 Å². The predicted molar refractivity (Wildman–Crippen MR) is 122 cm³/mol. The molecular formula is C22H19N5O3S. The van der Waals surface area contributed by atoms with E-state index < -0.39 is 5.25 Å². The maximum absolute atomic E-state index is 12.7. The fourth-order valence-corrected chi connectivity index (χ4v) is 4.06. The molecule has 0 bridgehead atoms. The third-order valence-corrected chi connectivity index (χ3v) is 5.71. The lowest BCUT2D eigenvalue weighted by molar-refractivity contribution is -0.121. The van der Waals surface area contributed by atoms with E-state index in [9.17, 15) is 9.59 Å². The molecule has 0 aliphatic carbocycles. The van der Waals surface area contributed by atoms with Crippen molar-refractivity contribution in [2.24, 2.45) is 15.9 Å². The van der Waals surface area contributed by atoms with Gasteiger partial charge in [0.1, 0.15) is 11.0 Å². The zero-order valence-electron chi connectivity index (χ0n) is 16.6. The third kappa shape index (κ3) is 4.41. The molecule has 0 spiro atoms. The van der Waals surface area contributed by atoms with Crippen LogP contribution in [0.25, 0.3) is 10.9 Å². The van der Waals surface area contributed by atoms with Gasteiger partial charge in [0.2, 0.25) is 11.8 Å². The molecule has 2 aromatic carbocycles. The number of nitrogens with two attached hydrogens (primary N) is 1. The number of rotatable bonds is 5. The van der Waals surface area contributed by atoms with Gasteiger partial charge in [-0.2, -0.15) is 5.10 Å². The van der Waals surface area contributed by atoms with Gasteiger partial charge in [0.15, 0.2) is 5.17 Å². The van der Waals surface area contributed by atoms with Crippen molar-refractivity contribution >= 4 is 51.5 Å². The van der Waals surface area contributed by atoms with E-state index >= 15 is 0 Å². The van der Waals surface area contributed by atoms with Crippen LogP contribution in [0.5, 0.6) is 5.75 Å². The van der Waals surface area contributed by atoms with Crippen LogP contribution in [0.4, 0.5) is 5.69 Å². The largest absolute Gasteiger partial charge is 0.497 e. The minimum atomic E-state index is -0.643. The first-order valence-electron chi connectivity index (χ1n) is 9.44. The number of amides is 2. The number of para-hydroxylation sites is 1. The lowest BCUT2D eigenvalue weighted by atomic mass is 10.1. The molecule has 156 valence electrons. The number of imide groups is 1. The normalized spacial score (nSPS) is 17.1. The Morgan fingerprint density at radius 1 is 1.19 bits per heavy atom. The third-order valence-electron chi connectivity index (χ3n) is 4.73. The first-order valence-corrected chi connectivity index (χ1v) is 10.3. The number of carbonyl (C=O) groups is 2. The molecule has 2 heterocycles. The number of aromatic nitrogens is 1. The standard InChI is InChI=1S/C22H19N5O3S/c1-30-16-8-6-15(7-9-16)27-20(28)12-19(21(27)29)31-22(23)26-25-13-14-10-11-24-18-5-3-2-4-17(14)18/h2-11,13,19H,12H2,1H3,(H2,23,26)/b25-13+. The van der Waals surface area contributed by atoms with Crippen LogP contribution in [-0.4, -0.2) is 40.5 Å².